The van der Waals surface area contributed by atoms with Crippen LogP contribution in [0.4, 0.5) is 0 Å². The Morgan fingerprint density at radius 1 is 1.40 bits per heavy atom. The van der Waals surface area contributed by atoms with Gasteiger partial charge in [0, 0.05) is 5.56 Å². The number of amides is 1. The molecular formula is C16H16N2OS. The fraction of sp³-hybridized carbons (Fsp3) is 0.250. The Bertz CT molecular complexity index is 633. The van der Waals surface area contributed by atoms with E-state index in [9.17, 15) is 4.79 Å². The number of hydrogen-bond acceptors (Lipinski definition) is 3. The molecule has 1 aliphatic carbocycles. The van der Waals surface area contributed by atoms with E-state index in [0.29, 0.717) is 0 Å². The molecule has 3 rings (SSSR count). The van der Waals surface area contributed by atoms with Crippen molar-refractivity contribution in [2.24, 2.45) is 0 Å². The predicted molar refractivity (Wildman–Crippen MR) is 81.6 cm³/mol. The van der Waals surface area contributed by atoms with Crippen LogP contribution < -0.4 is 5.32 Å². The summed E-state index contributed by atoms with van der Waals surface area (Å²) in [6.45, 7) is 3.51. The van der Waals surface area contributed by atoms with Crippen molar-refractivity contribution in [1.82, 2.24) is 10.3 Å². The molecule has 0 aliphatic heterocycles. The Morgan fingerprint density at radius 2 is 2.20 bits per heavy atom. The highest BCUT2D eigenvalue weighted by Crippen LogP contribution is 2.37. The molecule has 1 aliphatic rings. The average Bonchev–Trinajstić information content (AvgIpc) is 2.93. The summed E-state index contributed by atoms with van der Waals surface area (Å²) in [4.78, 5) is 17.5. The van der Waals surface area contributed by atoms with Crippen LogP contribution in [0, 0.1) is 0 Å². The van der Waals surface area contributed by atoms with E-state index in [1.54, 1.807) is 11.3 Å². The largest absolute Gasteiger partial charge is 0.345 e. The number of hydrogen-bond donors (Lipinski definition) is 1. The molecular weight excluding hydrogens is 268 g/mol. The Balaban J connectivity index is 1.92. The number of fused-ring (bicyclic) bond motifs is 1. The van der Waals surface area contributed by atoms with Crippen LogP contribution in [-0.4, -0.2) is 10.9 Å². The zero-order valence-electron chi connectivity index (χ0n) is 11.1. The first-order valence-electron chi connectivity index (χ1n) is 6.76. The van der Waals surface area contributed by atoms with E-state index < -0.39 is 0 Å². The average molecular weight is 284 g/mol. The number of aromatic nitrogens is 1. The van der Waals surface area contributed by atoms with Gasteiger partial charge in [-0.25, -0.2) is 4.98 Å². The van der Waals surface area contributed by atoms with Gasteiger partial charge in [0.05, 0.1) is 16.6 Å². The molecule has 0 saturated heterocycles. The van der Waals surface area contributed by atoms with E-state index in [1.165, 1.54) is 11.0 Å². The molecule has 0 bridgehead atoms. The molecule has 1 aromatic carbocycles. The molecule has 1 atom stereocenters. The molecule has 102 valence electrons. The van der Waals surface area contributed by atoms with Crippen LogP contribution in [0.2, 0.25) is 0 Å². The van der Waals surface area contributed by atoms with Crippen LogP contribution in [0.3, 0.4) is 0 Å². The fourth-order valence-corrected chi connectivity index (χ4v) is 3.69. The normalized spacial score (nSPS) is 17.3. The van der Waals surface area contributed by atoms with E-state index in [2.05, 4.69) is 24.0 Å². The van der Waals surface area contributed by atoms with Gasteiger partial charge in [-0.3, -0.25) is 4.79 Å². The minimum absolute atomic E-state index is 0.0826. The van der Waals surface area contributed by atoms with E-state index in [1.807, 2.05) is 18.2 Å². The number of benzene rings is 1. The van der Waals surface area contributed by atoms with E-state index >= 15 is 0 Å². The van der Waals surface area contributed by atoms with Gasteiger partial charge in [-0.1, -0.05) is 36.9 Å². The Labute approximate surface area is 122 Å². The number of nitrogens with one attached hydrogen (secondary N) is 1. The van der Waals surface area contributed by atoms with Crippen molar-refractivity contribution in [2.45, 2.75) is 25.3 Å². The molecule has 2 aromatic rings. The molecule has 20 heavy (non-hydrogen) atoms. The highest BCUT2D eigenvalue weighted by Gasteiger charge is 2.25. The fourth-order valence-electron chi connectivity index (χ4n) is 2.49. The molecule has 1 aromatic heterocycles. The molecule has 0 radical (unpaired) electrons. The van der Waals surface area contributed by atoms with Gasteiger partial charge in [0.25, 0.3) is 0 Å². The molecule has 1 N–H and O–H groups in total. The number of rotatable bonds is 3. The first-order valence-corrected chi connectivity index (χ1v) is 7.57. The summed E-state index contributed by atoms with van der Waals surface area (Å²) in [6.07, 6.45) is 4.36. The van der Waals surface area contributed by atoms with Crippen LogP contribution in [0.1, 0.15) is 29.5 Å². The highest BCUT2D eigenvalue weighted by molar-refractivity contribution is 7.15. The summed E-state index contributed by atoms with van der Waals surface area (Å²) in [5.41, 5.74) is 2.27. The van der Waals surface area contributed by atoms with Crippen molar-refractivity contribution in [1.29, 1.82) is 0 Å². The highest BCUT2D eigenvalue weighted by atomic mass is 32.1. The van der Waals surface area contributed by atoms with Crippen molar-refractivity contribution in [3.63, 3.8) is 0 Å². The second kappa shape index (κ2) is 5.59. The number of aryl methyl sites for hydroxylation is 1. The Kier molecular flexibility index (Phi) is 3.65. The van der Waals surface area contributed by atoms with Crippen LogP contribution >= 0.6 is 11.3 Å². The standard InChI is InChI=1S/C16H16N2OS/c1-2-14(19)17-12-9-6-10-13-15(12)20-16(18-13)11-7-4-3-5-8-11/h2-5,7-8,12H,1,6,9-10H2,(H,17,19). The third kappa shape index (κ3) is 2.51. The van der Waals surface area contributed by atoms with E-state index in [0.717, 1.165) is 35.5 Å². The van der Waals surface area contributed by atoms with Gasteiger partial charge in [-0.2, -0.15) is 0 Å². The molecule has 4 heteroatoms. The molecule has 0 fully saturated rings. The van der Waals surface area contributed by atoms with E-state index in [4.69, 9.17) is 4.98 Å². The van der Waals surface area contributed by atoms with Crippen molar-refractivity contribution < 1.29 is 4.79 Å². The minimum atomic E-state index is -0.113. The van der Waals surface area contributed by atoms with Crippen LogP contribution in [0.5, 0.6) is 0 Å². The number of thiazole rings is 1. The second-order valence-electron chi connectivity index (χ2n) is 4.85. The lowest BCUT2D eigenvalue weighted by atomic mass is 9.98. The molecule has 1 unspecified atom stereocenters. The predicted octanol–water partition coefficient (Wildman–Crippen LogP) is 3.49. The zero-order valence-corrected chi connectivity index (χ0v) is 12.0. The number of carbonyl (C=O) groups is 1. The Hall–Kier alpha value is -1.94. The maximum absolute atomic E-state index is 11.5. The third-order valence-corrected chi connectivity index (χ3v) is 4.73. The lowest BCUT2D eigenvalue weighted by molar-refractivity contribution is -0.117. The van der Waals surface area contributed by atoms with Crippen molar-refractivity contribution in [3.05, 3.63) is 53.6 Å². The van der Waals surface area contributed by atoms with E-state index in [-0.39, 0.29) is 11.9 Å². The van der Waals surface area contributed by atoms with Crippen molar-refractivity contribution in [2.75, 3.05) is 0 Å². The molecule has 0 saturated carbocycles. The van der Waals surface area contributed by atoms with Gasteiger partial charge in [0.15, 0.2) is 0 Å². The lowest BCUT2D eigenvalue weighted by Crippen LogP contribution is -2.28. The summed E-state index contributed by atoms with van der Waals surface area (Å²) in [5.74, 6) is -0.113. The molecule has 3 nitrogen and oxygen atoms in total. The first-order chi connectivity index (χ1) is 9.78. The van der Waals surface area contributed by atoms with Crippen molar-refractivity contribution >= 4 is 17.2 Å². The SMILES string of the molecule is C=CC(=O)NC1CCCc2nc(-c3ccccc3)sc21. The smallest absolute Gasteiger partial charge is 0.243 e. The second-order valence-corrected chi connectivity index (χ2v) is 5.88. The van der Waals surface area contributed by atoms with Crippen molar-refractivity contribution in [3.8, 4) is 10.6 Å². The van der Waals surface area contributed by atoms with Gasteiger partial charge >= 0.3 is 0 Å². The van der Waals surface area contributed by atoms with Crippen LogP contribution in [0.25, 0.3) is 10.6 Å². The molecule has 1 heterocycles. The van der Waals surface area contributed by atoms with Gasteiger partial charge in [-0.05, 0) is 25.3 Å². The lowest BCUT2D eigenvalue weighted by Gasteiger charge is -2.21. The molecule has 0 spiro atoms. The quantitative estimate of drug-likeness (QED) is 0.877. The summed E-state index contributed by atoms with van der Waals surface area (Å²) in [7, 11) is 0. The van der Waals surface area contributed by atoms with Gasteiger partial charge in [0.1, 0.15) is 5.01 Å². The van der Waals surface area contributed by atoms with Gasteiger partial charge < -0.3 is 5.32 Å². The maximum atomic E-state index is 11.5. The first kappa shape index (κ1) is 13.1. The number of carbonyl (C=O) groups excluding carboxylic acids is 1. The van der Waals surface area contributed by atoms with Gasteiger partial charge in [-0.15, -0.1) is 11.3 Å². The summed E-state index contributed by atoms with van der Waals surface area (Å²) in [6, 6.07) is 10.3. The minimum Gasteiger partial charge on any atom is -0.345 e. The summed E-state index contributed by atoms with van der Waals surface area (Å²) >= 11 is 1.69. The topological polar surface area (TPSA) is 42.0 Å². The van der Waals surface area contributed by atoms with Crippen LogP contribution in [0.15, 0.2) is 43.0 Å². The van der Waals surface area contributed by atoms with Crippen LogP contribution in [-0.2, 0) is 11.2 Å². The molecule has 1 amide bonds. The monoisotopic (exact) mass is 284 g/mol. The summed E-state index contributed by atoms with van der Waals surface area (Å²) in [5, 5.41) is 4.04. The number of nitrogens with zero attached hydrogens (tertiary/aromatic N) is 1. The maximum Gasteiger partial charge on any atom is 0.243 e. The zero-order chi connectivity index (χ0) is 13.9. The summed E-state index contributed by atoms with van der Waals surface area (Å²) < 4.78 is 0. The van der Waals surface area contributed by atoms with Gasteiger partial charge in [0.2, 0.25) is 5.91 Å². The Morgan fingerprint density at radius 3 is 2.95 bits per heavy atom. The third-order valence-electron chi connectivity index (χ3n) is 3.47.